The Bertz CT molecular complexity index is 982. The van der Waals surface area contributed by atoms with Crippen molar-refractivity contribution in [3.05, 3.63) is 77.9 Å². The summed E-state index contributed by atoms with van der Waals surface area (Å²) in [6, 6.07) is 15.0. The van der Waals surface area contributed by atoms with Gasteiger partial charge in [0.15, 0.2) is 0 Å². The number of nitrogens with zero attached hydrogens (tertiary/aromatic N) is 4. The molecule has 0 spiro atoms. The molecule has 7 nitrogen and oxygen atoms in total. The maximum atomic E-state index is 12.9. The molecule has 2 amide bonds. The van der Waals surface area contributed by atoms with Crippen LogP contribution in [0.25, 0.3) is 0 Å². The van der Waals surface area contributed by atoms with E-state index in [-0.39, 0.29) is 11.8 Å². The summed E-state index contributed by atoms with van der Waals surface area (Å²) < 4.78 is 1.73. The number of benzene rings is 2. The molecular weight excluding hydrogens is 354 g/mol. The van der Waals surface area contributed by atoms with E-state index in [4.69, 9.17) is 0 Å². The number of carbonyl (C=O) groups excluding carboxylic acids is 2. The Balaban J connectivity index is 1.47. The lowest BCUT2D eigenvalue weighted by Gasteiger charge is -2.35. The molecule has 0 aliphatic carbocycles. The molecule has 2 heterocycles. The topological polar surface area (TPSA) is 80.1 Å². The zero-order valence-corrected chi connectivity index (χ0v) is 15.6. The second-order valence-electron chi connectivity index (χ2n) is 6.91. The zero-order chi connectivity index (χ0) is 19.5. The van der Waals surface area contributed by atoms with Crippen molar-refractivity contribution >= 4 is 17.5 Å². The Morgan fingerprint density at radius 1 is 1.11 bits per heavy atom. The largest absolute Gasteiger partial charge is 0.326 e. The van der Waals surface area contributed by atoms with E-state index in [2.05, 4.69) is 15.4 Å². The first-order valence-electron chi connectivity index (χ1n) is 9.16. The van der Waals surface area contributed by atoms with Crippen LogP contribution < -0.4 is 5.32 Å². The second-order valence-corrected chi connectivity index (χ2v) is 6.91. The normalized spacial score (nSPS) is 15.8. The standard InChI is InChI=1S/C21H21N5O2/c1-15(27)26-12-18-5-3-2-4-17(18)10-20(26)21(28)24-19-8-6-16(7-9-19)11-25-14-22-13-23-25/h2-9,13-14,20H,10-12H2,1H3,(H,24,28). The minimum atomic E-state index is -0.512. The molecule has 3 aromatic rings. The zero-order valence-electron chi connectivity index (χ0n) is 15.6. The maximum absolute atomic E-state index is 12.9. The average molecular weight is 375 g/mol. The van der Waals surface area contributed by atoms with E-state index in [1.165, 1.54) is 13.3 Å². The molecule has 0 bridgehead atoms. The molecule has 0 saturated heterocycles. The highest BCUT2D eigenvalue weighted by Crippen LogP contribution is 2.24. The van der Waals surface area contributed by atoms with E-state index in [1.54, 1.807) is 15.9 Å². The van der Waals surface area contributed by atoms with Crippen LogP contribution in [0.15, 0.2) is 61.2 Å². The quantitative estimate of drug-likeness (QED) is 0.758. The number of hydrogen-bond acceptors (Lipinski definition) is 4. The van der Waals surface area contributed by atoms with Crippen LogP contribution in [0.2, 0.25) is 0 Å². The van der Waals surface area contributed by atoms with Crippen LogP contribution in [0.4, 0.5) is 5.69 Å². The Morgan fingerprint density at radius 2 is 1.86 bits per heavy atom. The molecule has 142 valence electrons. The highest BCUT2D eigenvalue weighted by atomic mass is 16.2. The van der Waals surface area contributed by atoms with Crippen LogP contribution in [0.5, 0.6) is 0 Å². The number of carbonyl (C=O) groups is 2. The number of nitrogens with one attached hydrogen (secondary N) is 1. The smallest absolute Gasteiger partial charge is 0.247 e. The summed E-state index contributed by atoms with van der Waals surface area (Å²) in [7, 11) is 0. The van der Waals surface area contributed by atoms with Crippen molar-refractivity contribution in [2.45, 2.75) is 32.5 Å². The lowest BCUT2D eigenvalue weighted by Crippen LogP contribution is -2.49. The highest BCUT2D eigenvalue weighted by Gasteiger charge is 2.33. The molecule has 7 heteroatoms. The molecule has 1 aromatic heterocycles. The van der Waals surface area contributed by atoms with Crippen molar-refractivity contribution < 1.29 is 9.59 Å². The summed E-state index contributed by atoms with van der Waals surface area (Å²) in [5.41, 5.74) is 3.97. The van der Waals surface area contributed by atoms with Crippen molar-refractivity contribution in [3.63, 3.8) is 0 Å². The van der Waals surface area contributed by atoms with Crippen LogP contribution in [-0.2, 0) is 29.1 Å². The Labute approximate surface area is 163 Å². The van der Waals surface area contributed by atoms with E-state index < -0.39 is 6.04 Å². The highest BCUT2D eigenvalue weighted by molar-refractivity contribution is 5.97. The molecule has 1 aliphatic rings. The molecule has 2 aromatic carbocycles. The van der Waals surface area contributed by atoms with Crippen LogP contribution in [0.1, 0.15) is 23.6 Å². The van der Waals surface area contributed by atoms with Gasteiger partial charge >= 0.3 is 0 Å². The number of fused-ring (bicyclic) bond motifs is 1. The van der Waals surface area contributed by atoms with Gasteiger partial charge in [-0.25, -0.2) is 9.67 Å². The maximum Gasteiger partial charge on any atom is 0.247 e. The number of aromatic nitrogens is 3. The van der Waals surface area contributed by atoms with Gasteiger partial charge in [0.05, 0.1) is 6.54 Å². The third kappa shape index (κ3) is 3.78. The van der Waals surface area contributed by atoms with Gasteiger partial charge in [-0.3, -0.25) is 9.59 Å². The number of amides is 2. The Morgan fingerprint density at radius 3 is 2.54 bits per heavy atom. The van der Waals surface area contributed by atoms with E-state index in [9.17, 15) is 9.59 Å². The number of hydrogen-bond donors (Lipinski definition) is 1. The van der Waals surface area contributed by atoms with Crippen LogP contribution in [0, 0.1) is 0 Å². The summed E-state index contributed by atoms with van der Waals surface area (Å²) in [6.07, 6.45) is 3.68. The fourth-order valence-corrected chi connectivity index (χ4v) is 3.51. The molecule has 1 N–H and O–H groups in total. The molecule has 1 atom stereocenters. The molecule has 0 radical (unpaired) electrons. The van der Waals surface area contributed by atoms with E-state index >= 15 is 0 Å². The average Bonchev–Trinajstić information content (AvgIpc) is 3.21. The predicted octanol–water partition coefficient (Wildman–Crippen LogP) is 2.24. The first-order chi connectivity index (χ1) is 13.6. The monoisotopic (exact) mass is 375 g/mol. The van der Waals surface area contributed by atoms with Crippen LogP contribution >= 0.6 is 0 Å². The lowest BCUT2D eigenvalue weighted by atomic mass is 9.93. The Kier molecular flexibility index (Phi) is 4.89. The first kappa shape index (κ1) is 17.9. The van der Waals surface area contributed by atoms with Crippen LogP contribution in [0.3, 0.4) is 0 Å². The Hall–Kier alpha value is -3.48. The van der Waals surface area contributed by atoms with Gasteiger partial charge in [-0.05, 0) is 28.8 Å². The summed E-state index contributed by atoms with van der Waals surface area (Å²) >= 11 is 0. The predicted molar refractivity (Wildman–Crippen MR) is 104 cm³/mol. The van der Waals surface area contributed by atoms with Gasteiger partial charge in [0.1, 0.15) is 18.7 Å². The minimum absolute atomic E-state index is 0.0992. The van der Waals surface area contributed by atoms with Gasteiger partial charge in [-0.15, -0.1) is 0 Å². The van der Waals surface area contributed by atoms with Gasteiger partial charge < -0.3 is 10.2 Å². The van der Waals surface area contributed by atoms with Crippen molar-refractivity contribution in [2.24, 2.45) is 0 Å². The molecule has 0 saturated carbocycles. The summed E-state index contributed by atoms with van der Waals surface area (Å²) in [4.78, 5) is 30.6. The van der Waals surface area contributed by atoms with E-state index in [0.29, 0.717) is 25.2 Å². The third-order valence-electron chi connectivity index (χ3n) is 4.99. The SMILES string of the molecule is CC(=O)N1Cc2ccccc2CC1C(=O)Nc1ccc(Cn2cncn2)cc1. The summed E-state index contributed by atoms with van der Waals surface area (Å²) in [6.45, 7) is 2.58. The van der Waals surface area contributed by atoms with Crippen molar-refractivity contribution in [2.75, 3.05) is 5.32 Å². The second kappa shape index (κ2) is 7.64. The molecule has 1 unspecified atom stereocenters. The fourth-order valence-electron chi connectivity index (χ4n) is 3.51. The van der Waals surface area contributed by atoms with Gasteiger partial charge in [-0.2, -0.15) is 5.10 Å². The summed E-state index contributed by atoms with van der Waals surface area (Å²) in [5, 5.41) is 7.03. The molecule has 28 heavy (non-hydrogen) atoms. The molecule has 0 fully saturated rings. The third-order valence-corrected chi connectivity index (χ3v) is 4.99. The molecule has 4 rings (SSSR count). The van der Waals surface area contributed by atoms with Crippen LogP contribution in [-0.4, -0.2) is 37.5 Å². The number of anilines is 1. The summed E-state index contributed by atoms with van der Waals surface area (Å²) in [5.74, 6) is -0.272. The van der Waals surface area contributed by atoms with E-state index in [0.717, 1.165) is 16.7 Å². The van der Waals surface area contributed by atoms with Gasteiger partial charge in [0, 0.05) is 25.6 Å². The van der Waals surface area contributed by atoms with Gasteiger partial charge in [0.25, 0.3) is 0 Å². The lowest BCUT2D eigenvalue weighted by molar-refractivity contribution is -0.138. The van der Waals surface area contributed by atoms with Crippen molar-refractivity contribution in [1.82, 2.24) is 19.7 Å². The molecule has 1 aliphatic heterocycles. The number of rotatable bonds is 4. The van der Waals surface area contributed by atoms with Crippen molar-refractivity contribution in [3.8, 4) is 0 Å². The van der Waals surface area contributed by atoms with E-state index in [1.807, 2.05) is 48.5 Å². The van der Waals surface area contributed by atoms with Gasteiger partial charge in [0.2, 0.25) is 11.8 Å². The molecular formula is C21H21N5O2. The first-order valence-corrected chi connectivity index (χ1v) is 9.16. The fraction of sp³-hybridized carbons (Fsp3) is 0.238. The van der Waals surface area contributed by atoms with Gasteiger partial charge in [-0.1, -0.05) is 36.4 Å². The van der Waals surface area contributed by atoms with Crippen molar-refractivity contribution in [1.29, 1.82) is 0 Å². The minimum Gasteiger partial charge on any atom is -0.326 e.